The summed E-state index contributed by atoms with van der Waals surface area (Å²) in [5.41, 5.74) is 1.28. The number of hydrogen-bond acceptors (Lipinski definition) is 5. The standard InChI is InChI=1S/C19H14ClNO4S/c20-16-12-6-1-4-9-15(12)26-17(16)18(22)24-11-5-10-21-13-7-2-3-8-14(13)25-19(21)23/h1-4,6-9H,5,10-11H2. The highest BCUT2D eigenvalue weighted by atomic mass is 35.5. The van der Waals surface area contributed by atoms with E-state index < -0.39 is 11.7 Å². The fraction of sp³-hybridized carbons (Fsp3) is 0.158. The Balaban J connectivity index is 1.41. The largest absolute Gasteiger partial charge is 0.461 e. The van der Waals surface area contributed by atoms with Crippen molar-refractivity contribution >= 4 is 50.1 Å². The van der Waals surface area contributed by atoms with Gasteiger partial charge in [0.25, 0.3) is 0 Å². The molecule has 0 radical (unpaired) electrons. The van der Waals surface area contributed by atoms with Gasteiger partial charge < -0.3 is 9.15 Å². The normalized spacial score (nSPS) is 11.3. The molecular weight excluding hydrogens is 374 g/mol. The molecule has 0 saturated carbocycles. The highest BCUT2D eigenvalue weighted by Crippen LogP contribution is 2.35. The van der Waals surface area contributed by atoms with Gasteiger partial charge in [0.1, 0.15) is 4.88 Å². The molecular formula is C19H14ClNO4S. The maximum atomic E-state index is 12.3. The molecule has 0 bridgehead atoms. The van der Waals surface area contributed by atoms with Crippen LogP contribution in [0.3, 0.4) is 0 Å². The van der Waals surface area contributed by atoms with E-state index in [2.05, 4.69) is 0 Å². The quantitative estimate of drug-likeness (QED) is 0.367. The molecule has 0 aliphatic carbocycles. The Kier molecular flexibility index (Phi) is 4.53. The number of rotatable bonds is 5. The lowest BCUT2D eigenvalue weighted by Gasteiger charge is -2.04. The molecule has 4 rings (SSSR count). The summed E-state index contributed by atoms with van der Waals surface area (Å²) >= 11 is 7.60. The number of fused-ring (bicyclic) bond motifs is 2. The summed E-state index contributed by atoms with van der Waals surface area (Å²) in [6, 6.07) is 14.8. The number of carbonyl (C=O) groups excluding carboxylic acids is 1. The van der Waals surface area contributed by atoms with Crippen molar-refractivity contribution in [2.45, 2.75) is 13.0 Å². The van der Waals surface area contributed by atoms with Crippen LogP contribution in [0.4, 0.5) is 0 Å². The maximum Gasteiger partial charge on any atom is 0.419 e. The van der Waals surface area contributed by atoms with Crippen molar-refractivity contribution in [2.75, 3.05) is 6.61 Å². The zero-order chi connectivity index (χ0) is 18.1. The van der Waals surface area contributed by atoms with Gasteiger partial charge in [-0.05, 0) is 24.6 Å². The van der Waals surface area contributed by atoms with Crippen LogP contribution in [-0.4, -0.2) is 17.1 Å². The van der Waals surface area contributed by atoms with Gasteiger partial charge in [-0.2, -0.15) is 0 Å². The lowest BCUT2D eigenvalue weighted by atomic mass is 10.2. The number of nitrogens with zero attached hydrogens (tertiary/aromatic N) is 1. The molecule has 0 aliphatic rings. The molecule has 2 aromatic carbocycles. The van der Waals surface area contributed by atoms with Gasteiger partial charge in [0, 0.05) is 16.6 Å². The fourth-order valence-electron chi connectivity index (χ4n) is 2.82. The van der Waals surface area contributed by atoms with Crippen LogP contribution < -0.4 is 5.76 Å². The van der Waals surface area contributed by atoms with Gasteiger partial charge in [0.05, 0.1) is 17.1 Å². The number of halogens is 1. The van der Waals surface area contributed by atoms with E-state index in [0.29, 0.717) is 28.4 Å². The summed E-state index contributed by atoms with van der Waals surface area (Å²) in [5, 5.41) is 1.27. The Morgan fingerprint density at radius 2 is 1.92 bits per heavy atom. The molecule has 0 atom stereocenters. The highest BCUT2D eigenvalue weighted by Gasteiger charge is 2.18. The first-order chi connectivity index (χ1) is 12.6. The predicted octanol–water partition coefficient (Wildman–Crippen LogP) is 4.71. The third-order valence-corrected chi connectivity index (χ3v) is 5.71. The minimum absolute atomic E-state index is 0.190. The average molecular weight is 388 g/mol. The molecule has 0 saturated heterocycles. The third-order valence-electron chi connectivity index (χ3n) is 4.05. The zero-order valence-corrected chi connectivity index (χ0v) is 15.2. The number of para-hydroxylation sites is 2. The van der Waals surface area contributed by atoms with Crippen LogP contribution in [0, 0.1) is 0 Å². The molecule has 0 amide bonds. The number of aromatic nitrogens is 1. The maximum absolute atomic E-state index is 12.3. The van der Waals surface area contributed by atoms with Gasteiger partial charge >= 0.3 is 11.7 Å². The lowest BCUT2D eigenvalue weighted by molar-refractivity contribution is 0.0502. The zero-order valence-electron chi connectivity index (χ0n) is 13.6. The van der Waals surface area contributed by atoms with Crippen molar-refractivity contribution in [3.8, 4) is 0 Å². The van der Waals surface area contributed by atoms with E-state index in [-0.39, 0.29) is 6.61 Å². The summed E-state index contributed by atoms with van der Waals surface area (Å²) in [6.45, 7) is 0.596. The van der Waals surface area contributed by atoms with Crippen LogP contribution in [-0.2, 0) is 11.3 Å². The highest BCUT2D eigenvalue weighted by molar-refractivity contribution is 7.21. The summed E-state index contributed by atoms with van der Waals surface area (Å²) in [5.74, 6) is -0.856. The van der Waals surface area contributed by atoms with E-state index in [1.54, 1.807) is 6.07 Å². The SMILES string of the molecule is O=C(OCCCn1c(=O)oc2ccccc21)c1sc2ccccc2c1Cl. The molecule has 4 aromatic rings. The van der Waals surface area contributed by atoms with E-state index in [1.165, 1.54) is 15.9 Å². The van der Waals surface area contributed by atoms with E-state index >= 15 is 0 Å². The molecule has 2 aromatic heterocycles. The van der Waals surface area contributed by atoms with Crippen LogP contribution in [0.25, 0.3) is 21.2 Å². The van der Waals surface area contributed by atoms with Gasteiger partial charge in [-0.25, -0.2) is 9.59 Å². The third kappa shape index (κ3) is 3.02. The molecule has 0 spiro atoms. The summed E-state index contributed by atoms with van der Waals surface area (Å²) in [6.07, 6.45) is 0.498. The number of aryl methyl sites for hydroxylation is 1. The number of benzene rings is 2. The summed E-state index contributed by atoms with van der Waals surface area (Å²) in [7, 11) is 0. The van der Waals surface area contributed by atoms with E-state index in [9.17, 15) is 9.59 Å². The average Bonchev–Trinajstić information content (AvgIpc) is 3.16. The number of hydrogen-bond donors (Lipinski definition) is 0. The Labute approximate surface area is 157 Å². The Morgan fingerprint density at radius 3 is 2.77 bits per heavy atom. The minimum Gasteiger partial charge on any atom is -0.461 e. The first-order valence-electron chi connectivity index (χ1n) is 8.07. The number of oxazole rings is 1. The first-order valence-corrected chi connectivity index (χ1v) is 9.27. The topological polar surface area (TPSA) is 61.4 Å². The summed E-state index contributed by atoms with van der Waals surface area (Å²) < 4.78 is 13.0. The van der Waals surface area contributed by atoms with Gasteiger partial charge in [0.2, 0.25) is 0 Å². The van der Waals surface area contributed by atoms with E-state index in [1.807, 2.05) is 42.5 Å². The molecule has 0 unspecified atom stereocenters. The van der Waals surface area contributed by atoms with Crippen LogP contribution in [0.1, 0.15) is 16.1 Å². The fourth-order valence-corrected chi connectivity index (χ4v) is 4.23. The smallest absolute Gasteiger partial charge is 0.419 e. The molecule has 0 fully saturated rings. The van der Waals surface area contributed by atoms with Crippen molar-refractivity contribution < 1.29 is 13.9 Å². The van der Waals surface area contributed by atoms with Crippen LogP contribution >= 0.6 is 22.9 Å². The van der Waals surface area contributed by atoms with Crippen molar-refractivity contribution in [3.05, 3.63) is 69.0 Å². The first kappa shape index (κ1) is 16.9. The molecule has 132 valence electrons. The monoisotopic (exact) mass is 387 g/mol. The molecule has 5 nitrogen and oxygen atoms in total. The second-order valence-electron chi connectivity index (χ2n) is 5.72. The van der Waals surface area contributed by atoms with Crippen LogP contribution in [0.2, 0.25) is 5.02 Å². The van der Waals surface area contributed by atoms with Crippen molar-refractivity contribution in [1.29, 1.82) is 0 Å². The van der Waals surface area contributed by atoms with Crippen molar-refractivity contribution in [2.24, 2.45) is 0 Å². The number of carbonyl (C=O) groups is 1. The molecule has 0 aliphatic heterocycles. The molecule has 7 heteroatoms. The molecule has 0 N–H and O–H groups in total. The predicted molar refractivity (Wildman–Crippen MR) is 102 cm³/mol. The van der Waals surface area contributed by atoms with Crippen LogP contribution in [0.15, 0.2) is 57.7 Å². The van der Waals surface area contributed by atoms with Gasteiger partial charge in [-0.3, -0.25) is 4.57 Å². The Bertz CT molecular complexity index is 1160. The second kappa shape index (κ2) is 6.97. The van der Waals surface area contributed by atoms with Crippen LogP contribution in [0.5, 0.6) is 0 Å². The Morgan fingerprint density at radius 1 is 1.15 bits per heavy atom. The Hall–Kier alpha value is -2.57. The second-order valence-corrected chi connectivity index (χ2v) is 7.15. The van der Waals surface area contributed by atoms with Crippen molar-refractivity contribution in [1.82, 2.24) is 4.57 Å². The number of thiophene rings is 1. The van der Waals surface area contributed by atoms with Gasteiger partial charge in [0.15, 0.2) is 5.58 Å². The number of esters is 1. The molecule has 26 heavy (non-hydrogen) atoms. The number of ether oxygens (including phenoxy) is 1. The lowest BCUT2D eigenvalue weighted by Crippen LogP contribution is -2.16. The minimum atomic E-state index is -0.444. The van der Waals surface area contributed by atoms with Gasteiger partial charge in [-0.1, -0.05) is 41.9 Å². The van der Waals surface area contributed by atoms with E-state index in [0.717, 1.165) is 15.6 Å². The summed E-state index contributed by atoms with van der Waals surface area (Å²) in [4.78, 5) is 24.6. The molecule has 2 heterocycles. The van der Waals surface area contributed by atoms with Crippen molar-refractivity contribution in [3.63, 3.8) is 0 Å². The van der Waals surface area contributed by atoms with Gasteiger partial charge in [-0.15, -0.1) is 11.3 Å². The van der Waals surface area contributed by atoms with E-state index in [4.69, 9.17) is 20.8 Å².